The number of hydrogen-bond acceptors (Lipinski definition) is 3. The minimum Gasteiger partial charge on any atom is -0.143 e. The van der Waals surface area contributed by atoms with Crippen LogP contribution < -0.4 is 0 Å². The van der Waals surface area contributed by atoms with Crippen LogP contribution in [0, 0.1) is 0 Å². The molecule has 3 heteroatoms. The van der Waals surface area contributed by atoms with Crippen LogP contribution in [0.5, 0.6) is 0 Å². The number of unbranched alkanes of at least 4 members (excludes halogenated alkanes) is 2. The minimum atomic E-state index is 1.03. The SMILES string of the molecule is CCCCCc1nnc(-c2ccccc2)s1. The van der Waals surface area contributed by atoms with Crippen LogP contribution in [0.4, 0.5) is 0 Å². The third-order valence-corrected chi connectivity index (χ3v) is 3.51. The largest absolute Gasteiger partial charge is 0.147 e. The van der Waals surface area contributed by atoms with Crippen LogP contribution in [0.2, 0.25) is 0 Å². The molecule has 0 aliphatic carbocycles. The molecule has 2 rings (SSSR count). The molecule has 0 N–H and O–H groups in total. The number of hydrogen-bond donors (Lipinski definition) is 0. The van der Waals surface area contributed by atoms with Gasteiger partial charge in [-0.25, -0.2) is 0 Å². The summed E-state index contributed by atoms with van der Waals surface area (Å²) < 4.78 is 0. The van der Waals surface area contributed by atoms with Crippen LogP contribution in [-0.4, -0.2) is 10.2 Å². The lowest BCUT2D eigenvalue weighted by Crippen LogP contribution is -1.83. The van der Waals surface area contributed by atoms with Crippen molar-refractivity contribution in [2.24, 2.45) is 0 Å². The van der Waals surface area contributed by atoms with Gasteiger partial charge in [0.1, 0.15) is 10.0 Å². The monoisotopic (exact) mass is 232 g/mol. The molecule has 2 nitrogen and oxygen atoms in total. The molecule has 0 saturated carbocycles. The van der Waals surface area contributed by atoms with E-state index in [9.17, 15) is 0 Å². The van der Waals surface area contributed by atoms with Gasteiger partial charge in [0.05, 0.1) is 0 Å². The fourth-order valence-electron chi connectivity index (χ4n) is 1.58. The van der Waals surface area contributed by atoms with E-state index in [1.165, 1.54) is 24.8 Å². The average molecular weight is 232 g/mol. The van der Waals surface area contributed by atoms with Gasteiger partial charge >= 0.3 is 0 Å². The molecule has 0 saturated heterocycles. The van der Waals surface area contributed by atoms with Crippen LogP contribution >= 0.6 is 11.3 Å². The lowest BCUT2D eigenvalue weighted by atomic mass is 10.2. The summed E-state index contributed by atoms with van der Waals surface area (Å²) >= 11 is 1.71. The zero-order valence-corrected chi connectivity index (χ0v) is 10.3. The van der Waals surface area contributed by atoms with Crippen LogP contribution in [0.3, 0.4) is 0 Å². The van der Waals surface area contributed by atoms with Crippen molar-refractivity contribution in [3.05, 3.63) is 35.3 Å². The molecule has 0 atom stereocenters. The molecule has 0 bridgehead atoms. The van der Waals surface area contributed by atoms with Crippen molar-refractivity contribution in [2.75, 3.05) is 0 Å². The maximum Gasteiger partial charge on any atom is 0.147 e. The Bertz CT molecular complexity index is 423. The molecule has 16 heavy (non-hydrogen) atoms. The van der Waals surface area contributed by atoms with Gasteiger partial charge in [0.2, 0.25) is 0 Å². The summed E-state index contributed by atoms with van der Waals surface area (Å²) in [5, 5.41) is 10.7. The van der Waals surface area contributed by atoms with E-state index in [2.05, 4.69) is 29.3 Å². The second-order valence-electron chi connectivity index (χ2n) is 3.82. The highest BCUT2D eigenvalue weighted by Crippen LogP contribution is 2.23. The molecule has 0 aliphatic heterocycles. The van der Waals surface area contributed by atoms with E-state index < -0.39 is 0 Å². The molecule has 0 aliphatic rings. The van der Waals surface area contributed by atoms with E-state index >= 15 is 0 Å². The molecule has 2 aromatic rings. The summed E-state index contributed by atoms with van der Waals surface area (Å²) in [7, 11) is 0. The van der Waals surface area contributed by atoms with E-state index in [0.29, 0.717) is 0 Å². The van der Waals surface area contributed by atoms with Crippen LogP contribution in [0.15, 0.2) is 30.3 Å². The third kappa shape index (κ3) is 2.89. The number of rotatable bonds is 5. The standard InChI is InChI=1S/C13H16N2S/c1-2-3-5-10-12-14-15-13(16-12)11-8-6-4-7-9-11/h4,6-9H,2-3,5,10H2,1H3. The topological polar surface area (TPSA) is 25.8 Å². The Morgan fingerprint density at radius 1 is 1.06 bits per heavy atom. The van der Waals surface area contributed by atoms with E-state index in [0.717, 1.165) is 16.4 Å². The molecule has 0 fully saturated rings. The van der Waals surface area contributed by atoms with E-state index in [1.807, 2.05) is 18.2 Å². The van der Waals surface area contributed by atoms with E-state index in [1.54, 1.807) is 11.3 Å². The fraction of sp³-hybridized carbons (Fsp3) is 0.385. The zero-order valence-electron chi connectivity index (χ0n) is 9.52. The van der Waals surface area contributed by atoms with Crippen molar-refractivity contribution < 1.29 is 0 Å². The molecular weight excluding hydrogens is 216 g/mol. The van der Waals surface area contributed by atoms with Crippen molar-refractivity contribution in [2.45, 2.75) is 32.6 Å². The van der Waals surface area contributed by atoms with Gasteiger partial charge in [-0.1, -0.05) is 61.4 Å². The summed E-state index contributed by atoms with van der Waals surface area (Å²) in [5.41, 5.74) is 1.17. The Labute approximate surface area is 100 Å². The summed E-state index contributed by atoms with van der Waals surface area (Å²) in [6, 6.07) is 10.3. The summed E-state index contributed by atoms with van der Waals surface area (Å²) in [6.07, 6.45) is 4.82. The Kier molecular flexibility index (Phi) is 4.05. The van der Waals surface area contributed by atoms with Crippen molar-refractivity contribution >= 4 is 11.3 Å². The number of benzene rings is 1. The Hall–Kier alpha value is -1.22. The first-order valence-electron chi connectivity index (χ1n) is 5.78. The minimum absolute atomic E-state index is 1.03. The normalized spacial score (nSPS) is 10.6. The third-order valence-electron chi connectivity index (χ3n) is 2.48. The molecule has 1 heterocycles. The zero-order chi connectivity index (χ0) is 11.2. The Morgan fingerprint density at radius 2 is 1.88 bits per heavy atom. The highest BCUT2D eigenvalue weighted by molar-refractivity contribution is 7.14. The lowest BCUT2D eigenvalue weighted by Gasteiger charge is -1.93. The number of aryl methyl sites for hydroxylation is 1. The summed E-state index contributed by atoms with van der Waals surface area (Å²) in [5.74, 6) is 0. The van der Waals surface area contributed by atoms with Crippen molar-refractivity contribution in [1.29, 1.82) is 0 Å². The van der Waals surface area contributed by atoms with Crippen LogP contribution in [-0.2, 0) is 6.42 Å². The van der Waals surface area contributed by atoms with Gasteiger partial charge in [-0.2, -0.15) is 0 Å². The maximum atomic E-state index is 4.23. The average Bonchev–Trinajstić information content (AvgIpc) is 2.79. The maximum absolute atomic E-state index is 4.23. The first-order valence-corrected chi connectivity index (χ1v) is 6.59. The molecule has 0 unspecified atom stereocenters. The second-order valence-corrected chi connectivity index (χ2v) is 4.89. The highest BCUT2D eigenvalue weighted by atomic mass is 32.1. The van der Waals surface area contributed by atoms with E-state index in [4.69, 9.17) is 0 Å². The lowest BCUT2D eigenvalue weighted by molar-refractivity contribution is 0.710. The number of aromatic nitrogens is 2. The fourth-order valence-corrected chi connectivity index (χ4v) is 2.47. The van der Waals surface area contributed by atoms with Gasteiger partial charge in [0.15, 0.2) is 0 Å². The quantitative estimate of drug-likeness (QED) is 0.730. The summed E-state index contributed by atoms with van der Waals surface area (Å²) in [4.78, 5) is 0. The van der Waals surface area contributed by atoms with E-state index in [-0.39, 0.29) is 0 Å². The Balaban J connectivity index is 2.02. The van der Waals surface area contributed by atoms with Crippen molar-refractivity contribution in [3.8, 4) is 10.6 Å². The second kappa shape index (κ2) is 5.75. The molecule has 1 aromatic carbocycles. The first kappa shape index (κ1) is 11.3. The molecule has 0 spiro atoms. The van der Waals surface area contributed by atoms with Gasteiger partial charge in [0, 0.05) is 12.0 Å². The van der Waals surface area contributed by atoms with Crippen LogP contribution in [0.1, 0.15) is 31.2 Å². The predicted octanol–water partition coefficient (Wildman–Crippen LogP) is 3.94. The van der Waals surface area contributed by atoms with Gasteiger partial charge in [-0.3, -0.25) is 0 Å². The van der Waals surface area contributed by atoms with Crippen LogP contribution in [0.25, 0.3) is 10.6 Å². The van der Waals surface area contributed by atoms with Gasteiger partial charge in [0.25, 0.3) is 0 Å². The van der Waals surface area contributed by atoms with Crippen molar-refractivity contribution in [1.82, 2.24) is 10.2 Å². The van der Waals surface area contributed by atoms with Crippen molar-refractivity contribution in [3.63, 3.8) is 0 Å². The first-order chi connectivity index (χ1) is 7.90. The summed E-state index contributed by atoms with van der Waals surface area (Å²) in [6.45, 7) is 2.22. The van der Waals surface area contributed by atoms with Gasteiger partial charge in [-0.05, 0) is 6.42 Å². The molecule has 84 valence electrons. The van der Waals surface area contributed by atoms with Gasteiger partial charge in [-0.15, -0.1) is 10.2 Å². The highest BCUT2D eigenvalue weighted by Gasteiger charge is 2.05. The molecule has 0 radical (unpaired) electrons. The molecular formula is C13H16N2S. The molecule has 0 amide bonds. The number of nitrogens with zero attached hydrogens (tertiary/aromatic N) is 2. The smallest absolute Gasteiger partial charge is 0.143 e. The molecule has 1 aromatic heterocycles. The van der Waals surface area contributed by atoms with Gasteiger partial charge < -0.3 is 0 Å². The Morgan fingerprint density at radius 3 is 2.62 bits per heavy atom. The predicted molar refractivity (Wildman–Crippen MR) is 68.6 cm³/mol.